The average molecular weight is 174 g/mol. The summed E-state index contributed by atoms with van der Waals surface area (Å²) < 4.78 is 0. The van der Waals surface area contributed by atoms with E-state index in [1.54, 1.807) is 24.3 Å². The number of rotatable bonds is 1. The Morgan fingerprint density at radius 3 is 2.31 bits per heavy atom. The third-order valence-corrected chi connectivity index (χ3v) is 2.04. The molecule has 0 saturated carbocycles. The lowest BCUT2D eigenvalue weighted by Gasteiger charge is -1.95. The normalized spacial score (nSPS) is 14.6. The van der Waals surface area contributed by atoms with Gasteiger partial charge in [0.1, 0.15) is 11.3 Å². The van der Waals surface area contributed by atoms with Crippen LogP contribution < -0.4 is 0 Å². The number of carbonyl (C=O) groups excluding carboxylic acids is 2. The van der Waals surface area contributed by atoms with Crippen LogP contribution in [-0.4, -0.2) is 17.2 Å². The van der Waals surface area contributed by atoms with Crippen LogP contribution in [0.2, 0.25) is 0 Å². The first-order valence-electron chi connectivity index (χ1n) is 3.78. The van der Waals surface area contributed by atoms with Crippen molar-refractivity contribution in [2.24, 2.45) is 0 Å². The van der Waals surface area contributed by atoms with Gasteiger partial charge in [0, 0.05) is 11.1 Å². The molecule has 0 unspecified atom stereocenters. The van der Waals surface area contributed by atoms with Crippen LogP contribution in [-0.2, 0) is 4.79 Å². The quantitative estimate of drug-likeness (QED) is 0.516. The van der Waals surface area contributed by atoms with E-state index in [4.69, 9.17) is 0 Å². The number of hydrogen-bond acceptors (Lipinski definition) is 3. The minimum absolute atomic E-state index is 0.152. The lowest BCUT2D eigenvalue weighted by molar-refractivity contribution is -0.104. The van der Waals surface area contributed by atoms with E-state index in [9.17, 15) is 14.7 Å². The Kier molecular flexibility index (Phi) is 1.52. The van der Waals surface area contributed by atoms with Crippen LogP contribution in [0.25, 0.3) is 5.76 Å². The van der Waals surface area contributed by atoms with Gasteiger partial charge in [-0.1, -0.05) is 24.3 Å². The van der Waals surface area contributed by atoms with Gasteiger partial charge in [0.2, 0.25) is 5.78 Å². The van der Waals surface area contributed by atoms with Crippen molar-refractivity contribution < 1.29 is 14.7 Å². The topological polar surface area (TPSA) is 54.4 Å². The lowest BCUT2D eigenvalue weighted by atomic mass is 10.1. The smallest absolute Gasteiger partial charge is 0.200 e. The summed E-state index contributed by atoms with van der Waals surface area (Å²) in [6.45, 7) is 0. The fourth-order valence-corrected chi connectivity index (χ4v) is 1.39. The van der Waals surface area contributed by atoms with Gasteiger partial charge in [0.25, 0.3) is 0 Å². The van der Waals surface area contributed by atoms with E-state index in [-0.39, 0.29) is 11.3 Å². The number of fused-ring (bicyclic) bond motifs is 1. The Bertz CT molecular complexity index is 430. The Labute approximate surface area is 74.3 Å². The molecule has 1 aliphatic rings. The predicted octanol–water partition coefficient (Wildman–Crippen LogP) is 1.35. The van der Waals surface area contributed by atoms with Crippen molar-refractivity contribution in [1.82, 2.24) is 0 Å². The van der Waals surface area contributed by atoms with E-state index in [0.29, 0.717) is 17.4 Å². The molecule has 0 aliphatic heterocycles. The number of ketones is 1. The van der Waals surface area contributed by atoms with E-state index >= 15 is 0 Å². The monoisotopic (exact) mass is 174 g/mol. The molecule has 0 amide bonds. The summed E-state index contributed by atoms with van der Waals surface area (Å²) in [5.74, 6) is -0.612. The van der Waals surface area contributed by atoms with E-state index in [0.717, 1.165) is 0 Å². The van der Waals surface area contributed by atoms with Gasteiger partial charge in [-0.05, 0) is 0 Å². The molecule has 0 heterocycles. The number of allylic oxidation sites excluding steroid dienone is 1. The molecular formula is C10H6O3. The largest absolute Gasteiger partial charge is 0.506 e. The van der Waals surface area contributed by atoms with E-state index in [2.05, 4.69) is 0 Å². The number of benzene rings is 1. The van der Waals surface area contributed by atoms with Crippen LogP contribution in [0, 0.1) is 0 Å². The van der Waals surface area contributed by atoms with E-state index in [1.165, 1.54) is 0 Å². The van der Waals surface area contributed by atoms with Crippen LogP contribution in [0.1, 0.15) is 15.9 Å². The average Bonchev–Trinajstić information content (AvgIpc) is 2.41. The van der Waals surface area contributed by atoms with Gasteiger partial charge >= 0.3 is 0 Å². The zero-order chi connectivity index (χ0) is 9.42. The van der Waals surface area contributed by atoms with Gasteiger partial charge in [-0.2, -0.15) is 0 Å². The van der Waals surface area contributed by atoms with Gasteiger partial charge < -0.3 is 5.11 Å². The molecule has 0 atom stereocenters. The van der Waals surface area contributed by atoms with Gasteiger partial charge in [-0.25, -0.2) is 0 Å². The molecule has 1 N–H and O–H groups in total. The molecule has 3 heteroatoms. The molecular weight excluding hydrogens is 168 g/mol. The maximum atomic E-state index is 11.4. The van der Waals surface area contributed by atoms with Crippen molar-refractivity contribution >= 4 is 17.8 Å². The minimum Gasteiger partial charge on any atom is -0.506 e. The molecule has 0 aromatic heterocycles. The van der Waals surface area contributed by atoms with Gasteiger partial charge in [0.05, 0.1) is 0 Å². The van der Waals surface area contributed by atoms with Crippen LogP contribution in [0.15, 0.2) is 29.8 Å². The predicted molar refractivity (Wildman–Crippen MR) is 46.4 cm³/mol. The molecule has 2 rings (SSSR count). The molecule has 0 spiro atoms. The number of aliphatic hydroxyl groups is 1. The highest BCUT2D eigenvalue weighted by Crippen LogP contribution is 2.29. The van der Waals surface area contributed by atoms with Crippen molar-refractivity contribution in [2.45, 2.75) is 0 Å². The molecule has 1 aromatic rings. The molecule has 0 bridgehead atoms. The highest BCUT2D eigenvalue weighted by atomic mass is 16.3. The lowest BCUT2D eigenvalue weighted by Crippen LogP contribution is -1.98. The third-order valence-electron chi connectivity index (χ3n) is 2.04. The van der Waals surface area contributed by atoms with Crippen LogP contribution in [0.3, 0.4) is 0 Å². The molecule has 0 radical (unpaired) electrons. The number of Topliss-reactive ketones (excluding diaryl/α,β-unsaturated/α-hetero) is 1. The summed E-state index contributed by atoms with van der Waals surface area (Å²) in [5.41, 5.74) is 0.679. The Morgan fingerprint density at radius 2 is 1.77 bits per heavy atom. The third kappa shape index (κ3) is 0.902. The molecule has 1 aliphatic carbocycles. The van der Waals surface area contributed by atoms with Crippen molar-refractivity contribution in [2.75, 3.05) is 0 Å². The maximum absolute atomic E-state index is 11.4. The summed E-state index contributed by atoms with van der Waals surface area (Å²) >= 11 is 0. The summed E-state index contributed by atoms with van der Waals surface area (Å²) in [7, 11) is 0. The number of aliphatic hydroxyl groups excluding tert-OH is 1. The second kappa shape index (κ2) is 2.55. The standard InChI is InChI=1S/C10H6O3/c11-5-8-9(12)6-3-1-2-4-7(6)10(8)13/h1-5,12H. The molecule has 13 heavy (non-hydrogen) atoms. The van der Waals surface area contributed by atoms with Crippen LogP contribution in [0.5, 0.6) is 0 Å². The summed E-state index contributed by atoms with van der Waals surface area (Å²) in [4.78, 5) is 21.8. The first kappa shape index (κ1) is 7.73. The fourth-order valence-electron chi connectivity index (χ4n) is 1.39. The van der Waals surface area contributed by atoms with Crippen molar-refractivity contribution in [3.8, 4) is 0 Å². The summed E-state index contributed by atoms with van der Waals surface area (Å²) in [5, 5.41) is 9.44. The SMILES string of the molecule is O=CC1=C(O)c2ccccc2C1=O. The second-order valence-electron chi connectivity index (χ2n) is 2.75. The van der Waals surface area contributed by atoms with Crippen molar-refractivity contribution in [3.05, 3.63) is 41.0 Å². The Balaban J connectivity index is 2.71. The Morgan fingerprint density at radius 1 is 1.15 bits per heavy atom. The first-order valence-corrected chi connectivity index (χ1v) is 3.78. The highest BCUT2D eigenvalue weighted by Gasteiger charge is 2.28. The summed E-state index contributed by atoms with van der Waals surface area (Å²) in [6.07, 6.45) is 0.387. The zero-order valence-corrected chi connectivity index (χ0v) is 6.65. The number of carbonyl (C=O) groups is 2. The first-order chi connectivity index (χ1) is 6.25. The molecule has 64 valence electrons. The van der Waals surface area contributed by atoms with Gasteiger partial charge in [-0.3, -0.25) is 9.59 Å². The van der Waals surface area contributed by atoms with E-state index in [1.807, 2.05) is 0 Å². The van der Waals surface area contributed by atoms with Crippen LogP contribution in [0.4, 0.5) is 0 Å². The van der Waals surface area contributed by atoms with Gasteiger partial charge in [0.15, 0.2) is 6.29 Å². The van der Waals surface area contributed by atoms with Crippen molar-refractivity contribution in [3.63, 3.8) is 0 Å². The summed E-state index contributed by atoms with van der Waals surface area (Å²) in [6, 6.07) is 6.59. The van der Waals surface area contributed by atoms with E-state index < -0.39 is 5.78 Å². The number of hydrogen-bond donors (Lipinski definition) is 1. The highest BCUT2D eigenvalue weighted by molar-refractivity contribution is 6.29. The van der Waals surface area contributed by atoms with Crippen molar-refractivity contribution in [1.29, 1.82) is 0 Å². The second-order valence-corrected chi connectivity index (χ2v) is 2.75. The molecule has 3 nitrogen and oxygen atoms in total. The maximum Gasteiger partial charge on any atom is 0.200 e. The Hall–Kier alpha value is -1.90. The fraction of sp³-hybridized carbons (Fsp3) is 0. The molecule has 0 saturated heterocycles. The van der Waals surface area contributed by atoms with Gasteiger partial charge in [-0.15, -0.1) is 0 Å². The zero-order valence-electron chi connectivity index (χ0n) is 6.65. The van der Waals surface area contributed by atoms with Crippen LogP contribution >= 0.6 is 0 Å². The number of aldehydes is 1. The molecule has 0 fully saturated rings. The molecule has 1 aromatic carbocycles. The minimum atomic E-state index is -0.400.